The van der Waals surface area contributed by atoms with Crippen LogP contribution < -0.4 is 4.72 Å². The molecule has 0 aliphatic carbocycles. The molecular formula is C25H21NO2S. The molecule has 0 unspecified atom stereocenters. The molecule has 0 bridgehead atoms. The van der Waals surface area contributed by atoms with Crippen LogP contribution in [-0.2, 0) is 10.0 Å². The number of nitrogens with one attached hydrogen (secondary N) is 1. The Balaban J connectivity index is 1.87. The second kappa shape index (κ2) is 9.26. The molecular weight excluding hydrogens is 378 g/mol. The number of benzene rings is 3. The van der Waals surface area contributed by atoms with Gasteiger partial charge in [-0.15, -0.1) is 0 Å². The summed E-state index contributed by atoms with van der Waals surface area (Å²) in [6.07, 6.45) is 0. The first-order valence-electron chi connectivity index (χ1n) is 9.16. The summed E-state index contributed by atoms with van der Waals surface area (Å²) in [7, 11) is -3.72. The molecule has 0 amide bonds. The van der Waals surface area contributed by atoms with Gasteiger partial charge < -0.3 is 0 Å². The van der Waals surface area contributed by atoms with Gasteiger partial charge in [0.1, 0.15) is 6.04 Å². The van der Waals surface area contributed by atoms with Gasteiger partial charge in [0.2, 0.25) is 10.0 Å². The van der Waals surface area contributed by atoms with E-state index in [-0.39, 0.29) is 4.90 Å². The van der Waals surface area contributed by atoms with Crippen LogP contribution in [0.2, 0.25) is 0 Å². The van der Waals surface area contributed by atoms with Crippen molar-refractivity contribution in [3.05, 3.63) is 101 Å². The van der Waals surface area contributed by atoms with Crippen LogP contribution in [0.15, 0.2) is 83.8 Å². The molecule has 0 heterocycles. The predicted octanol–water partition coefficient (Wildman–Crippen LogP) is 4.38. The van der Waals surface area contributed by atoms with Crippen molar-refractivity contribution in [2.45, 2.75) is 24.8 Å². The van der Waals surface area contributed by atoms with Gasteiger partial charge >= 0.3 is 0 Å². The van der Waals surface area contributed by atoms with E-state index in [9.17, 15) is 8.42 Å². The van der Waals surface area contributed by atoms with Gasteiger partial charge in [0.15, 0.2) is 0 Å². The fourth-order valence-corrected chi connectivity index (χ4v) is 3.75. The van der Waals surface area contributed by atoms with Gasteiger partial charge in [-0.3, -0.25) is 0 Å². The Morgan fingerprint density at radius 2 is 1.34 bits per heavy atom. The van der Waals surface area contributed by atoms with Crippen LogP contribution >= 0.6 is 0 Å². The minimum atomic E-state index is -3.72. The maximum Gasteiger partial charge on any atom is 0.241 e. The first-order chi connectivity index (χ1) is 13.9. The maximum atomic E-state index is 12.8. The van der Waals surface area contributed by atoms with Gasteiger partial charge in [-0.1, -0.05) is 77.6 Å². The number of rotatable bonds is 4. The highest BCUT2D eigenvalue weighted by atomic mass is 32.2. The highest BCUT2D eigenvalue weighted by Crippen LogP contribution is 2.17. The van der Waals surface area contributed by atoms with Crippen LogP contribution in [0.3, 0.4) is 0 Å². The van der Waals surface area contributed by atoms with Crippen molar-refractivity contribution < 1.29 is 8.42 Å². The quantitative estimate of drug-likeness (QED) is 0.662. The average molecular weight is 400 g/mol. The molecule has 0 fully saturated rings. The zero-order chi connectivity index (χ0) is 20.7. The number of hydrogen-bond donors (Lipinski definition) is 1. The largest absolute Gasteiger partial charge is 0.241 e. The predicted molar refractivity (Wildman–Crippen MR) is 117 cm³/mol. The van der Waals surface area contributed by atoms with Crippen molar-refractivity contribution >= 4 is 10.0 Å². The van der Waals surface area contributed by atoms with Crippen molar-refractivity contribution in [2.24, 2.45) is 0 Å². The summed E-state index contributed by atoms with van der Waals surface area (Å²) < 4.78 is 28.3. The first-order valence-corrected chi connectivity index (χ1v) is 10.6. The van der Waals surface area contributed by atoms with Gasteiger partial charge in [-0.05, 0) is 55.5 Å². The summed E-state index contributed by atoms with van der Waals surface area (Å²) in [4.78, 5) is 0.205. The van der Waals surface area contributed by atoms with E-state index < -0.39 is 16.1 Å². The lowest BCUT2D eigenvalue weighted by atomic mass is 10.1. The van der Waals surface area contributed by atoms with Gasteiger partial charge in [0, 0.05) is 5.56 Å². The Bertz CT molecular complexity index is 1190. The SMILES string of the molecule is Cc1ccc(C#CC#C[C@@H](NS(=O)(=O)c2ccc(C)cc2)c2ccccc2)cc1. The van der Waals surface area contributed by atoms with E-state index in [1.54, 1.807) is 24.3 Å². The highest BCUT2D eigenvalue weighted by Gasteiger charge is 2.19. The van der Waals surface area contributed by atoms with Crippen LogP contribution in [0.4, 0.5) is 0 Å². The Morgan fingerprint density at radius 3 is 1.97 bits per heavy atom. The van der Waals surface area contributed by atoms with E-state index >= 15 is 0 Å². The normalized spacial score (nSPS) is 11.5. The average Bonchev–Trinajstić information content (AvgIpc) is 2.72. The molecule has 3 aromatic carbocycles. The summed E-state index contributed by atoms with van der Waals surface area (Å²) in [5, 5.41) is 0. The summed E-state index contributed by atoms with van der Waals surface area (Å²) in [5.74, 6) is 11.5. The Kier molecular flexibility index (Phi) is 6.52. The van der Waals surface area contributed by atoms with Crippen molar-refractivity contribution in [1.82, 2.24) is 4.72 Å². The Morgan fingerprint density at radius 1 is 0.759 bits per heavy atom. The van der Waals surface area contributed by atoms with E-state index in [0.717, 1.165) is 22.3 Å². The van der Waals surface area contributed by atoms with Gasteiger partial charge in [0.05, 0.1) is 4.90 Å². The molecule has 0 aromatic heterocycles. The van der Waals surface area contributed by atoms with Crippen LogP contribution in [0.5, 0.6) is 0 Å². The first kappa shape index (κ1) is 20.4. The topological polar surface area (TPSA) is 46.2 Å². The lowest BCUT2D eigenvalue weighted by Gasteiger charge is -2.14. The molecule has 3 aromatic rings. The molecule has 1 atom stereocenters. The standard InChI is InChI=1S/C25H21NO2S/c1-20-12-16-22(17-13-20)8-6-7-11-25(23-9-4-3-5-10-23)26-29(27,28)24-18-14-21(2)15-19-24/h3-5,9-10,12-19,25-26H,1-2H3/t25-/m1/s1. The van der Waals surface area contributed by atoms with E-state index in [4.69, 9.17) is 0 Å². The van der Waals surface area contributed by atoms with E-state index in [0.29, 0.717) is 0 Å². The van der Waals surface area contributed by atoms with Crippen LogP contribution in [-0.4, -0.2) is 8.42 Å². The highest BCUT2D eigenvalue weighted by molar-refractivity contribution is 7.89. The van der Waals surface area contributed by atoms with E-state index in [1.165, 1.54) is 0 Å². The molecule has 1 N–H and O–H groups in total. The summed E-state index contributed by atoms with van der Waals surface area (Å²) in [6.45, 7) is 3.93. The molecule has 0 aliphatic heterocycles. The number of aryl methyl sites for hydroxylation is 2. The third-order valence-electron chi connectivity index (χ3n) is 4.27. The van der Waals surface area contributed by atoms with Crippen molar-refractivity contribution in [2.75, 3.05) is 0 Å². The van der Waals surface area contributed by atoms with Gasteiger partial charge in [-0.25, -0.2) is 8.42 Å². The second-order valence-electron chi connectivity index (χ2n) is 6.66. The van der Waals surface area contributed by atoms with Gasteiger partial charge in [-0.2, -0.15) is 4.72 Å². The second-order valence-corrected chi connectivity index (χ2v) is 8.38. The summed E-state index contributed by atoms with van der Waals surface area (Å²) >= 11 is 0. The third kappa shape index (κ3) is 5.83. The number of hydrogen-bond acceptors (Lipinski definition) is 2. The monoisotopic (exact) mass is 399 g/mol. The van der Waals surface area contributed by atoms with Crippen molar-refractivity contribution in [3.63, 3.8) is 0 Å². The molecule has 3 rings (SSSR count). The van der Waals surface area contributed by atoms with Crippen LogP contribution in [0.1, 0.15) is 28.3 Å². The molecule has 0 spiro atoms. The molecule has 3 nitrogen and oxygen atoms in total. The zero-order valence-corrected chi connectivity index (χ0v) is 17.1. The van der Waals surface area contributed by atoms with Crippen molar-refractivity contribution in [1.29, 1.82) is 0 Å². The Hall–Kier alpha value is -3.31. The van der Waals surface area contributed by atoms with Crippen molar-refractivity contribution in [3.8, 4) is 23.7 Å². The molecule has 4 heteroatoms. The lowest BCUT2D eigenvalue weighted by Crippen LogP contribution is -2.27. The molecule has 0 saturated carbocycles. The number of sulfonamides is 1. The maximum absolute atomic E-state index is 12.8. The molecule has 0 saturated heterocycles. The third-order valence-corrected chi connectivity index (χ3v) is 5.71. The minimum Gasteiger partial charge on any atom is -0.207 e. The molecule has 144 valence electrons. The molecule has 29 heavy (non-hydrogen) atoms. The fraction of sp³-hybridized carbons (Fsp3) is 0.120. The zero-order valence-electron chi connectivity index (χ0n) is 16.3. The Labute approximate surface area is 172 Å². The molecule has 0 aliphatic rings. The lowest BCUT2D eigenvalue weighted by molar-refractivity contribution is 0.576. The van der Waals surface area contributed by atoms with E-state index in [1.807, 2.05) is 68.4 Å². The minimum absolute atomic E-state index is 0.205. The smallest absolute Gasteiger partial charge is 0.207 e. The van der Waals surface area contributed by atoms with Gasteiger partial charge in [0.25, 0.3) is 0 Å². The van der Waals surface area contributed by atoms with Crippen LogP contribution in [0, 0.1) is 37.5 Å². The summed E-state index contributed by atoms with van der Waals surface area (Å²) in [6, 6.07) is 23.1. The van der Waals surface area contributed by atoms with E-state index in [2.05, 4.69) is 28.4 Å². The van der Waals surface area contributed by atoms with Crippen LogP contribution in [0.25, 0.3) is 0 Å². The summed E-state index contributed by atoms with van der Waals surface area (Å²) in [5.41, 5.74) is 3.78. The molecule has 0 radical (unpaired) electrons. The fourth-order valence-electron chi connectivity index (χ4n) is 2.62.